The molecule has 2 rings (SSSR count). The van der Waals surface area contributed by atoms with Crippen LogP contribution in [0.15, 0.2) is 11.6 Å². The molecule has 0 bridgehead atoms. The molecule has 1 fully saturated rings. The Morgan fingerprint density at radius 3 is 2.48 bits per heavy atom. The molecule has 2 aliphatic rings. The lowest BCUT2D eigenvalue weighted by molar-refractivity contribution is -0.198. The Bertz CT molecular complexity index is 352. The van der Waals surface area contributed by atoms with Crippen molar-refractivity contribution in [3.63, 3.8) is 0 Å². The van der Waals surface area contributed by atoms with Crippen LogP contribution in [0.4, 0.5) is 13.2 Å². The highest BCUT2D eigenvalue weighted by Crippen LogP contribution is 2.44. The van der Waals surface area contributed by atoms with Crippen molar-refractivity contribution in [3.8, 4) is 0 Å². The third-order valence-electron chi connectivity index (χ3n) is 5.07. The summed E-state index contributed by atoms with van der Waals surface area (Å²) in [5.74, 6) is 4.05. The van der Waals surface area contributed by atoms with E-state index in [1.54, 1.807) is 0 Å². The number of hydrazine groups is 1. The number of hydrogen-bond donors (Lipinski definition) is 2. The molecular formula is C16H27F3N2. The van der Waals surface area contributed by atoms with Gasteiger partial charge in [-0.15, -0.1) is 0 Å². The highest BCUT2D eigenvalue weighted by atomic mass is 19.4. The number of nitrogens with two attached hydrogens (primary N) is 1. The predicted molar refractivity (Wildman–Crippen MR) is 78.4 cm³/mol. The Kier molecular flexibility index (Phi) is 6.11. The molecule has 1 saturated carbocycles. The topological polar surface area (TPSA) is 38.0 Å². The van der Waals surface area contributed by atoms with Gasteiger partial charge in [0.2, 0.25) is 0 Å². The second-order valence-corrected chi connectivity index (χ2v) is 6.47. The molecule has 122 valence electrons. The molecule has 3 atom stereocenters. The summed E-state index contributed by atoms with van der Waals surface area (Å²) in [5.41, 5.74) is 3.83. The van der Waals surface area contributed by atoms with Crippen molar-refractivity contribution >= 4 is 0 Å². The van der Waals surface area contributed by atoms with Crippen molar-refractivity contribution < 1.29 is 13.2 Å². The number of halogens is 3. The number of nitrogens with one attached hydrogen (secondary N) is 1. The van der Waals surface area contributed by atoms with Gasteiger partial charge in [0, 0.05) is 6.04 Å². The molecule has 0 saturated heterocycles. The predicted octanol–water partition coefficient (Wildman–Crippen LogP) is 4.47. The van der Waals surface area contributed by atoms with Crippen LogP contribution in [-0.4, -0.2) is 12.2 Å². The fraction of sp³-hybridized carbons (Fsp3) is 0.875. The first kappa shape index (κ1) is 16.8. The van der Waals surface area contributed by atoms with Crippen LogP contribution in [0.3, 0.4) is 0 Å². The average molecular weight is 304 g/mol. The van der Waals surface area contributed by atoms with E-state index in [4.69, 9.17) is 5.84 Å². The van der Waals surface area contributed by atoms with E-state index >= 15 is 0 Å². The van der Waals surface area contributed by atoms with Gasteiger partial charge in [0.1, 0.15) is 0 Å². The van der Waals surface area contributed by atoms with Gasteiger partial charge < -0.3 is 0 Å². The van der Waals surface area contributed by atoms with Gasteiger partial charge in [0.05, 0.1) is 5.92 Å². The molecule has 0 amide bonds. The number of rotatable bonds is 3. The van der Waals surface area contributed by atoms with Crippen LogP contribution in [0.25, 0.3) is 0 Å². The molecule has 2 nitrogen and oxygen atoms in total. The van der Waals surface area contributed by atoms with Crippen molar-refractivity contribution in [1.29, 1.82) is 0 Å². The smallest absolute Gasteiger partial charge is 0.271 e. The number of alkyl halides is 3. The minimum absolute atomic E-state index is 0.250. The second-order valence-electron chi connectivity index (χ2n) is 6.47. The minimum atomic E-state index is -4.11. The SMILES string of the molecule is NNC(C1=CCCCCCC1)C1CCCCC1C(F)(F)F. The van der Waals surface area contributed by atoms with Crippen molar-refractivity contribution in [1.82, 2.24) is 5.43 Å². The Labute approximate surface area is 125 Å². The van der Waals surface area contributed by atoms with E-state index in [2.05, 4.69) is 11.5 Å². The lowest BCUT2D eigenvalue weighted by Gasteiger charge is -2.39. The average Bonchev–Trinajstić information content (AvgIpc) is 2.41. The summed E-state index contributed by atoms with van der Waals surface area (Å²) in [6, 6.07) is -0.310. The fourth-order valence-electron chi connectivity index (χ4n) is 3.97. The largest absolute Gasteiger partial charge is 0.392 e. The molecule has 0 aromatic carbocycles. The van der Waals surface area contributed by atoms with Crippen LogP contribution in [0.1, 0.15) is 64.2 Å². The highest BCUT2D eigenvalue weighted by Gasteiger charge is 2.48. The molecular weight excluding hydrogens is 277 g/mol. The van der Waals surface area contributed by atoms with Crippen LogP contribution < -0.4 is 11.3 Å². The Morgan fingerprint density at radius 1 is 1.05 bits per heavy atom. The van der Waals surface area contributed by atoms with Gasteiger partial charge in [-0.25, -0.2) is 0 Å². The summed E-state index contributed by atoms with van der Waals surface area (Å²) in [4.78, 5) is 0. The van der Waals surface area contributed by atoms with Gasteiger partial charge in [-0.1, -0.05) is 37.3 Å². The fourth-order valence-corrected chi connectivity index (χ4v) is 3.97. The van der Waals surface area contributed by atoms with E-state index in [0.29, 0.717) is 12.8 Å². The molecule has 2 aliphatic carbocycles. The minimum Gasteiger partial charge on any atom is -0.271 e. The Hall–Kier alpha value is -0.550. The summed E-state index contributed by atoms with van der Waals surface area (Å²) in [7, 11) is 0. The maximum Gasteiger partial charge on any atom is 0.392 e. The van der Waals surface area contributed by atoms with Crippen LogP contribution in [-0.2, 0) is 0 Å². The van der Waals surface area contributed by atoms with E-state index in [9.17, 15) is 13.2 Å². The van der Waals surface area contributed by atoms with Gasteiger partial charge >= 0.3 is 6.18 Å². The van der Waals surface area contributed by atoms with E-state index in [0.717, 1.165) is 37.7 Å². The first-order valence-corrected chi connectivity index (χ1v) is 8.26. The molecule has 0 spiro atoms. The number of hydrogen-bond acceptors (Lipinski definition) is 2. The van der Waals surface area contributed by atoms with Crippen LogP contribution in [0.2, 0.25) is 0 Å². The molecule has 0 aromatic heterocycles. The number of allylic oxidation sites excluding steroid dienone is 1. The van der Waals surface area contributed by atoms with Crippen LogP contribution >= 0.6 is 0 Å². The van der Waals surface area contributed by atoms with Gasteiger partial charge in [-0.05, 0) is 44.4 Å². The molecule has 0 heterocycles. The summed E-state index contributed by atoms with van der Waals surface area (Å²) in [5, 5.41) is 0. The first-order valence-electron chi connectivity index (χ1n) is 8.26. The third-order valence-corrected chi connectivity index (χ3v) is 5.07. The van der Waals surface area contributed by atoms with Gasteiger partial charge in [0.15, 0.2) is 0 Å². The molecule has 3 N–H and O–H groups in total. The van der Waals surface area contributed by atoms with Crippen molar-refractivity contribution in [2.45, 2.75) is 76.4 Å². The van der Waals surface area contributed by atoms with Crippen molar-refractivity contribution in [2.75, 3.05) is 0 Å². The lowest BCUT2D eigenvalue weighted by atomic mass is 9.72. The lowest BCUT2D eigenvalue weighted by Crippen LogP contribution is -2.49. The standard InChI is InChI=1S/C16H27F3N2/c17-16(18,19)14-11-7-6-10-13(14)15(21-20)12-8-4-2-1-3-5-9-12/h8,13-15,21H,1-7,9-11,20H2. The summed E-state index contributed by atoms with van der Waals surface area (Å²) in [6.07, 6.45) is 6.90. The molecule has 0 aromatic rings. The van der Waals surface area contributed by atoms with Gasteiger partial charge in [-0.3, -0.25) is 11.3 Å². The van der Waals surface area contributed by atoms with E-state index in [1.807, 2.05) is 0 Å². The van der Waals surface area contributed by atoms with Crippen molar-refractivity contribution in [2.24, 2.45) is 17.7 Å². The molecule has 0 radical (unpaired) electrons. The Balaban J connectivity index is 2.16. The molecule has 21 heavy (non-hydrogen) atoms. The van der Waals surface area contributed by atoms with Gasteiger partial charge in [0.25, 0.3) is 0 Å². The summed E-state index contributed by atoms with van der Waals surface area (Å²) in [6.45, 7) is 0. The summed E-state index contributed by atoms with van der Waals surface area (Å²) < 4.78 is 39.9. The molecule has 3 unspecified atom stereocenters. The van der Waals surface area contributed by atoms with Crippen LogP contribution in [0.5, 0.6) is 0 Å². The zero-order valence-corrected chi connectivity index (χ0v) is 12.6. The molecule has 5 heteroatoms. The van der Waals surface area contributed by atoms with Gasteiger partial charge in [-0.2, -0.15) is 13.2 Å². The highest BCUT2D eigenvalue weighted by molar-refractivity contribution is 5.14. The van der Waals surface area contributed by atoms with Crippen molar-refractivity contribution in [3.05, 3.63) is 11.6 Å². The summed E-state index contributed by atoms with van der Waals surface area (Å²) >= 11 is 0. The second kappa shape index (κ2) is 7.63. The normalized spacial score (nSPS) is 30.2. The van der Waals surface area contributed by atoms with E-state index in [-0.39, 0.29) is 12.5 Å². The maximum atomic E-state index is 13.3. The zero-order chi connectivity index (χ0) is 15.3. The van der Waals surface area contributed by atoms with E-state index < -0.39 is 18.0 Å². The quantitative estimate of drug-likeness (QED) is 0.459. The third kappa shape index (κ3) is 4.46. The van der Waals surface area contributed by atoms with Crippen LogP contribution in [0, 0.1) is 11.8 Å². The molecule has 0 aliphatic heterocycles. The zero-order valence-electron chi connectivity index (χ0n) is 12.6. The Morgan fingerprint density at radius 2 is 1.76 bits per heavy atom. The monoisotopic (exact) mass is 304 g/mol. The first-order chi connectivity index (χ1) is 10.0. The van der Waals surface area contributed by atoms with E-state index in [1.165, 1.54) is 12.8 Å². The maximum absolute atomic E-state index is 13.3.